The molecule has 3 aromatic rings. The summed E-state index contributed by atoms with van der Waals surface area (Å²) >= 11 is 0. The second-order valence-corrected chi connectivity index (χ2v) is 9.26. The Kier molecular flexibility index (Phi) is 8.94. The molecule has 1 aromatic carbocycles. The van der Waals surface area contributed by atoms with Crippen molar-refractivity contribution in [3.63, 3.8) is 0 Å². The van der Waals surface area contributed by atoms with Crippen molar-refractivity contribution in [1.29, 1.82) is 0 Å². The van der Waals surface area contributed by atoms with E-state index in [4.69, 9.17) is 15.2 Å². The van der Waals surface area contributed by atoms with Crippen molar-refractivity contribution in [1.82, 2.24) is 24.4 Å². The van der Waals surface area contributed by atoms with Crippen molar-refractivity contribution >= 4 is 23.3 Å². The summed E-state index contributed by atoms with van der Waals surface area (Å²) in [6.45, 7) is 6.09. The van der Waals surface area contributed by atoms with E-state index in [0.717, 1.165) is 75.8 Å². The number of aromatic amines is 1. The van der Waals surface area contributed by atoms with Crippen LogP contribution in [0.1, 0.15) is 51.0 Å². The molecule has 0 saturated carbocycles. The molecule has 10 heteroatoms. The molecular formula is C26H36N6O4. The van der Waals surface area contributed by atoms with E-state index in [1.165, 1.54) is 0 Å². The minimum Gasteiger partial charge on any atom is -0.490 e. The van der Waals surface area contributed by atoms with Gasteiger partial charge >= 0.3 is 11.7 Å². The number of nitrogens with one attached hydrogen (secondary N) is 1. The van der Waals surface area contributed by atoms with Gasteiger partial charge in [-0.2, -0.15) is 9.97 Å². The Bertz CT molecular complexity index is 1200. The number of unbranched alkanes of at least 4 members (excludes halogenated alkanes) is 2. The molecule has 0 amide bonds. The number of imidazole rings is 1. The van der Waals surface area contributed by atoms with Gasteiger partial charge in [-0.1, -0.05) is 25.5 Å². The van der Waals surface area contributed by atoms with E-state index in [-0.39, 0.29) is 23.6 Å². The van der Waals surface area contributed by atoms with Crippen LogP contribution in [0.25, 0.3) is 11.2 Å². The zero-order valence-electron chi connectivity index (χ0n) is 20.9. The Labute approximate surface area is 210 Å². The van der Waals surface area contributed by atoms with Gasteiger partial charge in [0.1, 0.15) is 23.7 Å². The van der Waals surface area contributed by atoms with Gasteiger partial charge in [0, 0.05) is 26.1 Å². The number of hydrogen-bond acceptors (Lipinski definition) is 8. The second kappa shape index (κ2) is 12.5. The number of aldehydes is 1. The average molecular weight is 497 g/mol. The highest BCUT2D eigenvalue weighted by atomic mass is 16.5. The number of nitrogen functional groups attached to an aromatic ring is 1. The van der Waals surface area contributed by atoms with E-state index in [2.05, 4.69) is 26.8 Å². The van der Waals surface area contributed by atoms with Crippen LogP contribution in [0.15, 0.2) is 29.1 Å². The largest absolute Gasteiger partial charge is 0.490 e. The fraction of sp³-hybridized carbons (Fsp3) is 0.538. The van der Waals surface area contributed by atoms with Crippen LogP contribution >= 0.6 is 0 Å². The molecule has 3 heterocycles. The number of nitrogens with zero attached hydrogens (tertiary/aromatic N) is 4. The Hall–Kier alpha value is -3.40. The maximum absolute atomic E-state index is 12.5. The van der Waals surface area contributed by atoms with Gasteiger partial charge in [-0.3, -0.25) is 4.57 Å². The van der Waals surface area contributed by atoms with E-state index in [0.29, 0.717) is 30.7 Å². The van der Waals surface area contributed by atoms with Gasteiger partial charge in [0.05, 0.1) is 6.61 Å². The molecule has 1 aliphatic heterocycles. The Morgan fingerprint density at radius 1 is 1.17 bits per heavy atom. The first-order valence-electron chi connectivity index (χ1n) is 12.9. The number of piperidine rings is 1. The molecule has 0 unspecified atom stereocenters. The van der Waals surface area contributed by atoms with Gasteiger partial charge in [0.25, 0.3) is 0 Å². The van der Waals surface area contributed by atoms with Gasteiger partial charge in [-0.15, -0.1) is 0 Å². The lowest BCUT2D eigenvalue weighted by Crippen LogP contribution is -2.38. The highest BCUT2D eigenvalue weighted by molar-refractivity contribution is 5.81. The Morgan fingerprint density at radius 3 is 2.75 bits per heavy atom. The lowest BCUT2D eigenvalue weighted by molar-refractivity contribution is -0.107. The van der Waals surface area contributed by atoms with E-state index < -0.39 is 0 Å². The topological polar surface area (TPSA) is 128 Å². The number of aryl methyl sites for hydroxylation is 1. The molecule has 194 valence electrons. The highest BCUT2D eigenvalue weighted by Crippen LogP contribution is 2.21. The quantitative estimate of drug-likeness (QED) is 0.273. The van der Waals surface area contributed by atoms with E-state index >= 15 is 0 Å². The maximum atomic E-state index is 12.5. The van der Waals surface area contributed by atoms with Crippen molar-refractivity contribution in [2.75, 3.05) is 32.0 Å². The van der Waals surface area contributed by atoms with Gasteiger partial charge < -0.3 is 29.9 Å². The third-order valence-corrected chi connectivity index (χ3v) is 6.52. The lowest BCUT2D eigenvalue weighted by Gasteiger charge is -2.32. The number of benzene rings is 1. The number of carbonyl (C=O) groups excluding carboxylic acids is 1. The van der Waals surface area contributed by atoms with Gasteiger partial charge in [-0.25, -0.2) is 4.79 Å². The standard InChI is InChI=1S/C26H36N6O4/c1-2-3-17-35-25-29-23(27)22-24(30-25)32(26(34)28-22)13-5-4-12-31-14-9-20(10-15-31)36-21-8-6-7-19(18-21)11-16-33/h6-8,16,18,20H,2-5,9-15,17H2,1H3,(H,28,34)(H2,27,29,30). The van der Waals surface area contributed by atoms with Crippen molar-refractivity contribution in [2.24, 2.45) is 0 Å². The Balaban J connectivity index is 1.23. The summed E-state index contributed by atoms with van der Waals surface area (Å²) in [4.78, 5) is 37.1. The Morgan fingerprint density at radius 2 is 1.97 bits per heavy atom. The van der Waals surface area contributed by atoms with Crippen molar-refractivity contribution in [2.45, 2.75) is 64.5 Å². The van der Waals surface area contributed by atoms with Crippen molar-refractivity contribution in [3.05, 3.63) is 40.3 Å². The number of carbonyl (C=O) groups is 1. The molecule has 0 bridgehead atoms. The number of fused-ring (bicyclic) bond motifs is 1. The number of rotatable bonds is 13. The summed E-state index contributed by atoms with van der Waals surface area (Å²) in [6, 6.07) is 7.99. The molecule has 0 atom stereocenters. The molecule has 1 aliphatic rings. The zero-order valence-corrected chi connectivity index (χ0v) is 20.9. The number of nitrogens with two attached hydrogens (primary N) is 1. The van der Waals surface area contributed by atoms with Crippen LogP contribution in [0.4, 0.5) is 5.82 Å². The van der Waals surface area contributed by atoms with Crippen LogP contribution in [-0.4, -0.2) is 63.1 Å². The summed E-state index contributed by atoms with van der Waals surface area (Å²) in [6.07, 6.45) is 7.18. The smallest absolute Gasteiger partial charge is 0.327 e. The normalized spacial score (nSPS) is 14.8. The fourth-order valence-corrected chi connectivity index (χ4v) is 4.50. The first-order valence-corrected chi connectivity index (χ1v) is 12.9. The molecule has 0 spiro atoms. The van der Waals surface area contributed by atoms with Crippen LogP contribution in [0.2, 0.25) is 0 Å². The summed E-state index contributed by atoms with van der Waals surface area (Å²) in [5.41, 5.74) is 7.73. The number of H-pyrrole nitrogens is 1. The molecule has 1 saturated heterocycles. The van der Waals surface area contributed by atoms with Crippen molar-refractivity contribution in [3.8, 4) is 11.8 Å². The van der Waals surface area contributed by atoms with Crippen LogP contribution in [-0.2, 0) is 17.8 Å². The minimum atomic E-state index is -0.230. The third kappa shape index (κ3) is 6.63. The van der Waals surface area contributed by atoms with Gasteiger partial charge in [0.15, 0.2) is 11.5 Å². The van der Waals surface area contributed by atoms with Gasteiger partial charge in [-0.05, 0) is 56.3 Å². The summed E-state index contributed by atoms with van der Waals surface area (Å²) < 4.78 is 13.4. The van der Waals surface area contributed by atoms with E-state index in [1.54, 1.807) is 4.57 Å². The molecule has 4 rings (SSSR count). The molecule has 10 nitrogen and oxygen atoms in total. The predicted octanol–water partition coefficient (Wildman–Crippen LogP) is 2.95. The highest BCUT2D eigenvalue weighted by Gasteiger charge is 2.20. The second-order valence-electron chi connectivity index (χ2n) is 9.26. The number of likely N-dealkylation sites (tertiary alicyclic amines) is 1. The average Bonchev–Trinajstić information content (AvgIpc) is 3.19. The SMILES string of the molecule is CCCCOc1nc(N)c2[nH]c(=O)n(CCCCN3CCC(Oc4cccc(CC=O)c4)CC3)c2n1. The molecule has 0 radical (unpaired) electrons. The third-order valence-electron chi connectivity index (χ3n) is 6.52. The summed E-state index contributed by atoms with van der Waals surface area (Å²) in [5.74, 6) is 1.06. The number of ether oxygens (including phenoxy) is 2. The molecular weight excluding hydrogens is 460 g/mol. The summed E-state index contributed by atoms with van der Waals surface area (Å²) in [7, 11) is 0. The van der Waals surface area contributed by atoms with E-state index in [1.807, 2.05) is 24.3 Å². The lowest BCUT2D eigenvalue weighted by atomic mass is 10.1. The maximum Gasteiger partial charge on any atom is 0.327 e. The minimum absolute atomic E-state index is 0.191. The fourth-order valence-electron chi connectivity index (χ4n) is 4.50. The summed E-state index contributed by atoms with van der Waals surface area (Å²) in [5, 5.41) is 0. The zero-order chi connectivity index (χ0) is 25.3. The number of anilines is 1. The van der Waals surface area contributed by atoms with Crippen molar-refractivity contribution < 1.29 is 14.3 Å². The predicted molar refractivity (Wildman–Crippen MR) is 138 cm³/mol. The van der Waals surface area contributed by atoms with Crippen LogP contribution in [0, 0.1) is 0 Å². The number of hydrogen-bond donors (Lipinski definition) is 2. The molecule has 0 aliphatic carbocycles. The molecule has 36 heavy (non-hydrogen) atoms. The monoisotopic (exact) mass is 496 g/mol. The number of aromatic nitrogens is 4. The van der Waals surface area contributed by atoms with Gasteiger partial charge in [0.2, 0.25) is 0 Å². The van der Waals surface area contributed by atoms with Crippen LogP contribution in [0.3, 0.4) is 0 Å². The van der Waals surface area contributed by atoms with E-state index in [9.17, 15) is 9.59 Å². The van der Waals surface area contributed by atoms with Crippen LogP contribution in [0.5, 0.6) is 11.8 Å². The van der Waals surface area contributed by atoms with Crippen LogP contribution < -0.4 is 20.9 Å². The molecule has 1 fully saturated rings. The molecule has 3 N–H and O–H groups in total. The first kappa shape index (κ1) is 25.7. The molecule has 2 aromatic heterocycles. The first-order chi connectivity index (χ1) is 17.6.